The highest BCUT2D eigenvalue weighted by Gasteiger charge is 2.24. The van der Waals surface area contributed by atoms with Gasteiger partial charge in [0.05, 0.1) is 28.2 Å². The summed E-state index contributed by atoms with van der Waals surface area (Å²) in [4.78, 5) is 27.5. The Morgan fingerprint density at radius 3 is 2.68 bits per heavy atom. The lowest BCUT2D eigenvalue weighted by molar-refractivity contribution is -0.384. The molecule has 1 amide bonds. The summed E-state index contributed by atoms with van der Waals surface area (Å²) < 4.78 is 24.1. The summed E-state index contributed by atoms with van der Waals surface area (Å²) in [7, 11) is 1.46. The number of halogens is 1. The van der Waals surface area contributed by atoms with E-state index in [-0.39, 0.29) is 17.4 Å². The Morgan fingerprint density at radius 2 is 1.97 bits per heavy atom. The summed E-state index contributed by atoms with van der Waals surface area (Å²) in [5.74, 6) is 0.430. The lowest BCUT2D eigenvalue weighted by Gasteiger charge is -2.05. The third-order valence-electron chi connectivity index (χ3n) is 4.27. The average molecular weight is 439 g/mol. The third kappa shape index (κ3) is 4.48. The Bertz CT molecular complexity index is 1230. The van der Waals surface area contributed by atoms with Crippen molar-refractivity contribution < 1.29 is 23.3 Å². The van der Waals surface area contributed by atoms with Crippen molar-refractivity contribution in [2.45, 2.75) is 0 Å². The number of carbonyl (C=O) groups excluding carboxylic acids is 1. The van der Waals surface area contributed by atoms with Crippen molar-refractivity contribution in [3.8, 4) is 17.1 Å². The number of benzene rings is 2. The Hall–Kier alpha value is -3.92. The molecule has 0 aliphatic carbocycles. The van der Waals surface area contributed by atoms with Crippen LogP contribution in [0.3, 0.4) is 0 Å². The number of furan rings is 1. The molecule has 0 atom stereocenters. The van der Waals surface area contributed by atoms with Gasteiger partial charge < -0.3 is 14.5 Å². The van der Waals surface area contributed by atoms with Gasteiger partial charge in [0.1, 0.15) is 23.1 Å². The predicted octanol–water partition coefficient (Wildman–Crippen LogP) is 4.89. The van der Waals surface area contributed by atoms with Crippen LogP contribution in [-0.4, -0.2) is 23.1 Å². The van der Waals surface area contributed by atoms with E-state index in [1.165, 1.54) is 49.6 Å². The van der Waals surface area contributed by atoms with E-state index in [0.717, 1.165) is 11.8 Å². The average Bonchev–Trinajstić information content (AvgIpc) is 3.36. The number of ether oxygens (including phenoxy) is 1. The molecule has 2 heterocycles. The number of nitrogens with zero attached hydrogens (tertiary/aromatic N) is 2. The Labute approximate surface area is 179 Å². The molecule has 156 valence electrons. The molecule has 1 aromatic heterocycles. The molecule has 1 aliphatic rings. The first-order chi connectivity index (χ1) is 14.9. The molecular weight excluding hydrogens is 425 g/mol. The number of hydrogen-bond acceptors (Lipinski definition) is 7. The first kappa shape index (κ1) is 20.4. The third-order valence-corrected chi connectivity index (χ3v) is 5.18. The van der Waals surface area contributed by atoms with Crippen molar-refractivity contribution >= 4 is 40.3 Å². The minimum Gasteiger partial charge on any atom is -0.496 e. The van der Waals surface area contributed by atoms with E-state index in [0.29, 0.717) is 38.6 Å². The fraction of sp³-hybridized carbons (Fsp3) is 0.0476. The fourth-order valence-electron chi connectivity index (χ4n) is 2.82. The monoisotopic (exact) mass is 439 g/mol. The predicted molar refractivity (Wildman–Crippen MR) is 115 cm³/mol. The van der Waals surface area contributed by atoms with Crippen LogP contribution in [0.1, 0.15) is 5.76 Å². The number of methoxy groups -OCH3 is 1. The number of amides is 1. The van der Waals surface area contributed by atoms with Crippen LogP contribution < -0.4 is 10.1 Å². The molecular formula is C21H14FN3O5S. The van der Waals surface area contributed by atoms with Crippen molar-refractivity contribution in [2.75, 3.05) is 7.11 Å². The normalized spacial score (nSPS) is 16.0. The van der Waals surface area contributed by atoms with E-state index in [4.69, 9.17) is 9.15 Å². The van der Waals surface area contributed by atoms with Gasteiger partial charge in [0, 0.05) is 18.2 Å². The van der Waals surface area contributed by atoms with E-state index in [1.54, 1.807) is 18.2 Å². The number of nitro groups is 1. The number of nitrogens with one attached hydrogen (secondary N) is 1. The van der Waals surface area contributed by atoms with Crippen LogP contribution in [0.5, 0.6) is 5.75 Å². The molecule has 10 heteroatoms. The molecule has 0 unspecified atom stereocenters. The largest absolute Gasteiger partial charge is 0.496 e. The van der Waals surface area contributed by atoms with E-state index >= 15 is 0 Å². The van der Waals surface area contributed by atoms with E-state index in [2.05, 4.69) is 10.3 Å². The number of carbonyl (C=O) groups is 1. The molecule has 31 heavy (non-hydrogen) atoms. The minimum absolute atomic E-state index is 0.0977. The molecule has 1 N–H and O–H groups in total. The summed E-state index contributed by atoms with van der Waals surface area (Å²) in [5, 5.41) is 14.1. The first-order valence-electron chi connectivity index (χ1n) is 8.91. The molecule has 2 aromatic carbocycles. The molecule has 8 nitrogen and oxygen atoms in total. The second-order valence-electron chi connectivity index (χ2n) is 6.30. The van der Waals surface area contributed by atoms with Crippen LogP contribution >= 0.6 is 11.8 Å². The molecule has 0 spiro atoms. The van der Waals surface area contributed by atoms with Gasteiger partial charge in [-0.2, -0.15) is 0 Å². The number of hydrogen-bond donors (Lipinski definition) is 1. The highest BCUT2D eigenvalue weighted by atomic mass is 32.2. The number of non-ortho nitro benzene ring substituents is 1. The summed E-state index contributed by atoms with van der Waals surface area (Å²) in [6, 6.07) is 13.0. The van der Waals surface area contributed by atoms with Gasteiger partial charge in [0.25, 0.3) is 11.6 Å². The fourth-order valence-corrected chi connectivity index (χ4v) is 3.64. The number of rotatable bonds is 5. The van der Waals surface area contributed by atoms with Gasteiger partial charge in [-0.15, -0.1) is 0 Å². The first-order valence-corrected chi connectivity index (χ1v) is 9.72. The van der Waals surface area contributed by atoms with Crippen molar-refractivity contribution in [3.05, 3.63) is 81.2 Å². The van der Waals surface area contributed by atoms with Gasteiger partial charge in [0.15, 0.2) is 5.17 Å². The van der Waals surface area contributed by atoms with Crippen LogP contribution in [0.25, 0.3) is 17.4 Å². The summed E-state index contributed by atoms with van der Waals surface area (Å²) in [6.45, 7) is 0. The zero-order valence-corrected chi connectivity index (χ0v) is 16.8. The van der Waals surface area contributed by atoms with Gasteiger partial charge in [0.2, 0.25) is 0 Å². The van der Waals surface area contributed by atoms with E-state index in [1.807, 2.05) is 0 Å². The van der Waals surface area contributed by atoms with Crippen molar-refractivity contribution in [1.29, 1.82) is 0 Å². The highest BCUT2D eigenvalue weighted by molar-refractivity contribution is 8.18. The van der Waals surface area contributed by atoms with Crippen LogP contribution in [0.2, 0.25) is 0 Å². The van der Waals surface area contributed by atoms with Gasteiger partial charge in [-0.3, -0.25) is 14.9 Å². The lowest BCUT2D eigenvalue weighted by Crippen LogP contribution is -2.19. The van der Waals surface area contributed by atoms with Gasteiger partial charge in [-0.1, -0.05) is 0 Å². The second kappa shape index (κ2) is 8.44. The molecule has 0 bridgehead atoms. The van der Waals surface area contributed by atoms with Gasteiger partial charge >= 0.3 is 0 Å². The molecule has 1 fully saturated rings. The lowest BCUT2D eigenvalue weighted by atomic mass is 10.1. The number of nitro benzene ring substituents is 1. The second-order valence-corrected chi connectivity index (χ2v) is 7.33. The molecule has 1 aliphatic heterocycles. The SMILES string of the molecule is COc1ccc([N+](=O)[O-])cc1-c1ccc(C=C2SC(=Nc3ccc(F)cc3)NC2=O)o1. The van der Waals surface area contributed by atoms with E-state index in [9.17, 15) is 19.3 Å². The van der Waals surface area contributed by atoms with Crippen LogP contribution in [0, 0.1) is 15.9 Å². The zero-order valence-electron chi connectivity index (χ0n) is 16.0. The van der Waals surface area contributed by atoms with Gasteiger partial charge in [-0.05, 0) is 54.2 Å². The van der Waals surface area contributed by atoms with E-state index < -0.39 is 4.92 Å². The minimum atomic E-state index is -0.504. The molecule has 1 saturated heterocycles. The smallest absolute Gasteiger partial charge is 0.270 e. The number of aliphatic imine (C=N–C) groups is 1. The van der Waals surface area contributed by atoms with Crippen LogP contribution in [0.4, 0.5) is 15.8 Å². The van der Waals surface area contributed by atoms with Crippen molar-refractivity contribution in [3.63, 3.8) is 0 Å². The molecule has 4 rings (SSSR count). The zero-order chi connectivity index (χ0) is 22.0. The Kier molecular flexibility index (Phi) is 5.54. The maximum Gasteiger partial charge on any atom is 0.270 e. The summed E-state index contributed by atoms with van der Waals surface area (Å²) in [6.07, 6.45) is 1.54. The maximum absolute atomic E-state index is 13.0. The number of thioether (sulfide) groups is 1. The van der Waals surface area contributed by atoms with Crippen LogP contribution in [-0.2, 0) is 4.79 Å². The Balaban J connectivity index is 1.59. The maximum atomic E-state index is 13.0. The van der Waals surface area contributed by atoms with Crippen molar-refractivity contribution in [2.24, 2.45) is 4.99 Å². The van der Waals surface area contributed by atoms with Crippen LogP contribution in [0.15, 0.2) is 68.9 Å². The summed E-state index contributed by atoms with van der Waals surface area (Å²) in [5.41, 5.74) is 0.825. The van der Waals surface area contributed by atoms with Crippen molar-refractivity contribution in [1.82, 2.24) is 5.32 Å². The topological polar surface area (TPSA) is 107 Å². The molecule has 3 aromatic rings. The quantitative estimate of drug-likeness (QED) is 0.344. The molecule has 0 radical (unpaired) electrons. The standard InChI is InChI=1S/C21H14FN3O5S/c1-29-17-8-6-14(25(27)28)10-16(17)18-9-7-15(30-18)11-19-20(26)24-21(31-19)23-13-4-2-12(22)3-5-13/h2-11H,1H3,(H,23,24,26). The number of amidine groups is 1. The molecule has 0 saturated carbocycles. The summed E-state index contributed by atoms with van der Waals surface area (Å²) >= 11 is 1.11. The Morgan fingerprint density at radius 1 is 1.19 bits per heavy atom. The highest BCUT2D eigenvalue weighted by Crippen LogP contribution is 2.35. The van der Waals surface area contributed by atoms with Gasteiger partial charge in [-0.25, -0.2) is 9.38 Å².